The van der Waals surface area contributed by atoms with E-state index < -0.39 is 0 Å². The van der Waals surface area contributed by atoms with Crippen molar-refractivity contribution in [3.8, 4) is 11.3 Å². The molecule has 18 heavy (non-hydrogen) atoms. The van der Waals surface area contributed by atoms with E-state index in [-0.39, 0.29) is 0 Å². The largest absolute Gasteiger partial charge is 0.316 e. The van der Waals surface area contributed by atoms with Crippen LogP contribution in [0.1, 0.15) is 18.5 Å². The molecule has 2 heterocycles. The van der Waals surface area contributed by atoms with E-state index in [0.717, 1.165) is 24.6 Å². The van der Waals surface area contributed by atoms with E-state index >= 15 is 0 Å². The van der Waals surface area contributed by atoms with E-state index in [2.05, 4.69) is 45.8 Å². The van der Waals surface area contributed by atoms with Crippen molar-refractivity contribution in [3.05, 3.63) is 42.1 Å². The van der Waals surface area contributed by atoms with Crippen LogP contribution in [0, 0.1) is 5.92 Å². The second-order valence-corrected chi connectivity index (χ2v) is 5.06. The van der Waals surface area contributed by atoms with Crippen LogP contribution in [0.5, 0.6) is 0 Å². The van der Waals surface area contributed by atoms with Gasteiger partial charge in [-0.3, -0.25) is 5.10 Å². The Kier molecular flexibility index (Phi) is 3.42. The molecule has 1 aromatic carbocycles. The van der Waals surface area contributed by atoms with Crippen LogP contribution < -0.4 is 5.32 Å². The van der Waals surface area contributed by atoms with Gasteiger partial charge in [0.2, 0.25) is 0 Å². The van der Waals surface area contributed by atoms with Gasteiger partial charge in [-0.05, 0) is 44.3 Å². The fraction of sp³-hybridized carbons (Fsp3) is 0.400. The second kappa shape index (κ2) is 5.36. The molecule has 0 aliphatic carbocycles. The van der Waals surface area contributed by atoms with Crippen molar-refractivity contribution in [2.24, 2.45) is 5.92 Å². The van der Waals surface area contributed by atoms with E-state index in [1.807, 2.05) is 6.07 Å². The minimum absolute atomic E-state index is 0.753. The Balaban J connectivity index is 1.69. The van der Waals surface area contributed by atoms with Gasteiger partial charge in [-0.25, -0.2) is 0 Å². The number of aromatic amines is 1. The van der Waals surface area contributed by atoms with Crippen molar-refractivity contribution in [1.29, 1.82) is 0 Å². The van der Waals surface area contributed by atoms with Crippen molar-refractivity contribution < 1.29 is 0 Å². The maximum atomic E-state index is 4.41. The molecule has 1 aromatic heterocycles. The molecular weight excluding hydrogens is 222 g/mol. The van der Waals surface area contributed by atoms with Gasteiger partial charge in [0.25, 0.3) is 0 Å². The maximum absolute atomic E-state index is 4.41. The molecule has 94 valence electrons. The Bertz CT molecular complexity index is 483. The number of aromatic nitrogens is 2. The Morgan fingerprint density at radius 1 is 1.22 bits per heavy atom. The summed E-state index contributed by atoms with van der Waals surface area (Å²) in [6, 6.07) is 12.5. The summed E-state index contributed by atoms with van der Waals surface area (Å²) in [6.45, 7) is 2.31. The van der Waals surface area contributed by atoms with Gasteiger partial charge in [0.15, 0.2) is 0 Å². The Morgan fingerprint density at radius 2 is 2.11 bits per heavy atom. The molecular formula is C15H19N3. The molecule has 0 radical (unpaired) electrons. The van der Waals surface area contributed by atoms with Crippen molar-refractivity contribution in [1.82, 2.24) is 15.5 Å². The van der Waals surface area contributed by atoms with Crippen LogP contribution in [0.3, 0.4) is 0 Å². The first-order chi connectivity index (χ1) is 8.92. The third-order valence-corrected chi connectivity index (χ3v) is 3.61. The first-order valence-corrected chi connectivity index (χ1v) is 6.72. The SMILES string of the molecule is c1ccc(-c2cc(CC3CCCNC3)[nH]n2)cc1. The van der Waals surface area contributed by atoms with Crippen molar-refractivity contribution in [2.75, 3.05) is 13.1 Å². The smallest absolute Gasteiger partial charge is 0.0923 e. The van der Waals surface area contributed by atoms with E-state index in [0.29, 0.717) is 0 Å². The molecule has 3 rings (SSSR count). The summed E-state index contributed by atoms with van der Waals surface area (Å²) < 4.78 is 0. The highest BCUT2D eigenvalue weighted by Crippen LogP contribution is 2.20. The molecule has 1 aliphatic heterocycles. The number of H-pyrrole nitrogens is 1. The average Bonchev–Trinajstić information content (AvgIpc) is 2.89. The third kappa shape index (κ3) is 2.62. The number of benzene rings is 1. The highest BCUT2D eigenvalue weighted by Gasteiger charge is 2.14. The van der Waals surface area contributed by atoms with Gasteiger partial charge in [-0.1, -0.05) is 30.3 Å². The number of piperidine rings is 1. The number of hydrogen-bond acceptors (Lipinski definition) is 2. The lowest BCUT2D eigenvalue weighted by Gasteiger charge is -2.21. The number of hydrogen-bond donors (Lipinski definition) is 2. The highest BCUT2D eigenvalue weighted by atomic mass is 15.1. The van der Waals surface area contributed by atoms with Crippen molar-refractivity contribution >= 4 is 0 Å². The van der Waals surface area contributed by atoms with Crippen molar-refractivity contribution in [2.45, 2.75) is 19.3 Å². The van der Waals surface area contributed by atoms with E-state index in [9.17, 15) is 0 Å². The summed E-state index contributed by atoms with van der Waals surface area (Å²) in [6.07, 6.45) is 3.73. The molecule has 1 fully saturated rings. The quantitative estimate of drug-likeness (QED) is 0.867. The fourth-order valence-electron chi connectivity index (χ4n) is 2.63. The van der Waals surface area contributed by atoms with Crippen LogP contribution in [-0.4, -0.2) is 23.3 Å². The van der Waals surface area contributed by atoms with Crippen LogP contribution in [0.15, 0.2) is 36.4 Å². The van der Waals surface area contributed by atoms with E-state index in [1.165, 1.54) is 30.6 Å². The molecule has 0 spiro atoms. The van der Waals surface area contributed by atoms with Crippen LogP contribution in [0.25, 0.3) is 11.3 Å². The molecule has 1 unspecified atom stereocenters. The standard InChI is InChI=1S/C15H19N3/c1-2-6-13(7-3-1)15-10-14(17-18-15)9-12-5-4-8-16-11-12/h1-3,6-7,10,12,16H,4-5,8-9,11H2,(H,17,18). The average molecular weight is 241 g/mol. The van der Waals surface area contributed by atoms with Crippen LogP contribution in [0.2, 0.25) is 0 Å². The molecule has 1 saturated heterocycles. The second-order valence-electron chi connectivity index (χ2n) is 5.06. The molecule has 0 amide bonds. The monoisotopic (exact) mass is 241 g/mol. The Labute approximate surface area is 108 Å². The number of rotatable bonds is 3. The first-order valence-electron chi connectivity index (χ1n) is 6.72. The predicted molar refractivity (Wildman–Crippen MR) is 73.3 cm³/mol. The van der Waals surface area contributed by atoms with Gasteiger partial charge in [0, 0.05) is 11.3 Å². The lowest BCUT2D eigenvalue weighted by Crippen LogP contribution is -2.30. The van der Waals surface area contributed by atoms with E-state index in [4.69, 9.17) is 0 Å². The topological polar surface area (TPSA) is 40.7 Å². The highest BCUT2D eigenvalue weighted by molar-refractivity contribution is 5.58. The van der Waals surface area contributed by atoms with Crippen LogP contribution in [0.4, 0.5) is 0 Å². The molecule has 2 aromatic rings. The van der Waals surface area contributed by atoms with Gasteiger partial charge < -0.3 is 5.32 Å². The van der Waals surface area contributed by atoms with Crippen molar-refractivity contribution in [3.63, 3.8) is 0 Å². The first kappa shape index (κ1) is 11.5. The molecule has 0 saturated carbocycles. The van der Waals surface area contributed by atoms with Crippen LogP contribution >= 0.6 is 0 Å². The predicted octanol–water partition coefficient (Wildman–Crippen LogP) is 2.62. The van der Waals surface area contributed by atoms with Gasteiger partial charge >= 0.3 is 0 Å². The summed E-state index contributed by atoms with van der Waals surface area (Å²) in [7, 11) is 0. The fourth-order valence-corrected chi connectivity index (χ4v) is 2.63. The Hall–Kier alpha value is -1.61. The van der Waals surface area contributed by atoms with Gasteiger partial charge in [-0.2, -0.15) is 5.10 Å². The third-order valence-electron chi connectivity index (χ3n) is 3.61. The molecule has 2 N–H and O–H groups in total. The molecule has 3 heteroatoms. The normalized spacial score (nSPS) is 19.9. The van der Waals surface area contributed by atoms with Crippen LogP contribution in [-0.2, 0) is 6.42 Å². The zero-order chi connectivity index (χ0) is 12.2. The zero-order valence-electron chi connectivity index (χ0n) is 10.5. The van der Waals surface area contributed by atoms with Gasteiger partial charge in [0.05, 0.1) is 5.69 Å². The summed E-state index contributed by atoms with van der Waals surface area (Å²) in [4.78, 5) is 0. The molecule has 0 bridgehead atoms. The molecule has 1 atom stereocenters. The summed E-state index contributed by atoms with van der Waals surface area (Å²) in [5.74, 6) is 0.753. The number of nitrogens with zero attached hydrogens (tertiary/aromatic N) is 1. The minimum Gasteiger partial charge on any atom is -0.316 e. The van der Waals surface area contributed by atoms with Gasteiger partial charge in [0.1, 0.15) is 0 Å². The summed E-state index contributed by atoms with van der Waals surface area (Å²) in [5, 5.41) is 11.0. The van der Waals surface area contributed by atoms with Gasteiger partial charge in [-0.15, -0.1) is 0 Å². The maximum Gasteiger partial charge on any atom is 0.0923 e. The zero-order valence-corrected chi connectivity index (χ0v) is 10.5. The van der Waals surface area contributed by atoms with E-state index in [1.54, 1.807) is 0 Å². The summed E-state index contributed by atoms with van der Waals surface area (Å²) >= 11 is 0. The lowest BCUT2D eigenvalue weighted by atomic mass is 9.94. The lowest BCUT2D eigenvalue weighted by molar-refractivity contribution is 0.373. The Morgan fingerprint density at radius 3 is 2.89 bits per heavy atom. The number of nitrogens with one attached hydrogen (secondary N) is 2. The molecule has 3 nitrogen and oxygen atoms in total. The molecule has 1 aliphatic rings. The summed E-state index contributed by atoms with van der Waals surface area (Å²) in [5.41, 5.74) is 3.48. The minimum atomic E-state index is 0.753.